The number of benzene rings is 1. The van der Waals surface area contributed by atoms with E-state index >= 15 is 0 Å². The second-order valence-electron chi connectivity index (χ2n) is 8.32. The van der Waals surface area contributed by atoms with E-state index in [1.54, 1.807) is 6.33 Å². The molecule has 1 atom stereocenters. The van der Waals surface area contributed by atoms with Gasteiger partial charge in [-0.25, -0.2) is 9.97 Å². The summed E-state index contributed by atoms with van der Waals surface area (Å²) in [5.41, 5.74) is 3.81. The van der Waals surface area contributed by atoms with Crippen molar-refractivity contribution in [3.05, 3.63) is 53.5 Å². The zero-order chi connectivity index (χ0) is 18.6. The van der Waals surface area contributed by atoms with Crippen molar-refractivity contribution in [2.24, 2.45) is 11.8 Å². The molecule has 4 heteroatoms. The lowest BCUT2D eigenvalue weighted by Gasteiger charge is -2.36. The Balaban J connectivity index is 1.26. The highest BCUT2D eigenvalue weighted by molar-refractivity contribution is 5.47. The fourth-order valence-electron chi connectivity index (χ4n) is 4.81. The molecule has 144 valence electrons. The predicted molar refractivity (Wildman–Crippen MR) is 111 cm³/mol. The van der Waals surface area contributed by atoms with E-state index in [2.05, 4.69) is 63.9 Å². The molecular weight excluding hydrogens is 332 g/mol. The monoisotopic (exact) mass is 364 g/mol. The van der Waals surface area contributed by atoms with Crippen LogP contribution in [0, 0.1) is 25.7 Å². The largest absolute Gasteiger partial charge is 0.356 e. The van der Waals surface area contributed by atoms with E-state index in [9.17, 15) is 0 Å². The lowest BCUT2D eigenvalue weighted by Crippen LogP contribution is -2.38. The van der Waals surface area contributed by atoms with Gasteiger partial charge in [0.25, 0.3) is 0 Å². The van der Waals surface area contributed by atoms with E-state index in [0.717, 1.165) is 36.4 Å². The van der Waals surface area contributed by atoms with Crippen LogP contribution in [0.2, 0.25) is 0 Å². The molecule has 2 fully saturated rings. The Morgan fingerprint density at radius 3 is 2.44 bits per heavy atom. The number of aromatic nitrogens is 2. The van der Waals surface area contributed by atoms with Gasteiger partial charge in [0, 0.05) is 37.4 Å². The van der Waals surface area contributed by atoms with Gasteiger partial charge in [-0.05, 0) is 63.5 Å². The van der Waals surface area contributed by atoms with Gasteiger partial charge >= 0.3 is 0 Å². The standard InChI is InChI=1S/C23H32N4/c1-18-19(2)24-17-25-23(18)27-14-10-21(11-15-27)22-9-13-26(16-22)12-8-20-6-4-3-5-7-20/h3-7,17,21-22H,8-16H2,1-2H3/t22-/m1/s1. The summed E-state index contributed by atoms with van der Waals surface area (Å²) in [5.74, 6) is 2.92. The van der Waals surface area contributed by atoms with Crippen LogP contribution < -0.4 is 4.90 Å². The summed E-state index contributed by atoms with van der Waals surface area (Å²) < 4.78 is 0. The van der Waals surface area contributed by atoms with E-state index in [1.807, 2.05) is 0 Å². The molecule has 0 aliphatic carbocycles. The van der Waals surface area contributed by atoms with Gasteiger partial charge in [-0.1, -0.05) is 30.3 Å². The number of aryl methyl sites for hydroxylation is 1. The highest BCUT2D eigenvalue weighted by Gasteiger charge is 2.32. The van der Waals surface area contributed by atoms with E-state index < -0.39 is 0 Å². The first-order valence-corrected chi connectivity index (χ1v) is 10.5. The Kier molecular flexibility index (Phi) is 5.72. The second-order valence-corrected chi connectivity index (χ2v) is 8.32. The van der Waals surface area contributed by atoms with E-state index in [4.69, 9.17) is 0 Å². The SMILES string of the molecule is Cc1ncnc(N2CCC([C@@H]3CCN(CCc4ccccc4)C3)CC2)c1C. The minimum Gasteiger partial charge on any atom is -0.356 e. The first-order chi connectivity index (χ1) is 13.2. The number of hydrogen-bond acceptors (Lipinski definition) is 4. The molecule has 0 amide bonds. The van der Waals surface area contributed by atoms with Gasteiger partial charge in [0.05, 0.1) is 0 Å². The van der Waals surface area contributed by atoms with Crippen LogP contribution in [-0.4, -0.2) is 47.6 Å². The van der Waals surface area contributed by atoms with Crippen molar-refractivity contribution in [3.63, 3.8) is 0 Å². The molecule has 3 heterocycles. The molecular formula is C23H32N4. The smallest absolute Gasteiger partial charge is 0.135 e. The molecule has 4 nitrogen and oxygen atoms in total. The van der Waals surface area contributed by atoms with Gasteiger partial charge in [-0.2, -0.15) is 0 Å². The van der Waals surface area contributed by atoms with Crippen molar-refractivity contribution in [1.82, 2.24) is 14.9 Å². The average molecular weight is 365 g/mol. The number of piperidine rings is 1. The summed E-state index contributed by atoms with van der Waals surface area (Å²) in [5, 5.41) is 0. The summed E-state index contributed by atoms with van der Waals surface area (Å²) in [6, 6.07) is 10.9. The molecule has 2 saturated heterocycles. The zero-order valence-corrected chi connectivity index (χ0v) is 16.8. The van der Waals surface area contributed by atoms with Crippen molar-refractivity contribution < 1.29 is 0 Å². The molecule has 2 aliphatic heterocycles. The van der Waals surface area contributed by atoms with Crippen molar-refractivity contribution in [2.75, 3.05) is 37.6 Å². The molecule has 0 unspecified atom stereocenters. The van der Waals surface area contributed by atoms with Gasteiger partial charge in [0.2, 0.25) is 0 Å². The Labute approximate surface area is 163 Å². The molecule has 4 rings (SSSR count). The number of likely N-dealkylation sites (tertiary alicyclic amines) is 1. The summed E-state index contributed by atoms with van der Waals surface area (Å²) in [6.45, 7) is 10.3. The molecule has 0 N–H and O–H groups in total. The highest BCUT2D eigenvalue weighted by atomic mass is 15.2. The molecule has 27 heavy (non-hydrogen) atoms. The van der Waals surface area contributed by atoms with Crippen LogP contribution in [0.25, 0.3) is 0 Å². The van der Waals surface area contributed by atoms with Gasteiger partial charge < -0.3 is 9.80 Å². The lowest BCUT2D eigenvalue weighted by molar-refractivity contribution is 0.256. The van der Waals surface area contributed by atoms with Crippen LogP contribution in [-0.2, 0) is 6.42 Å². The maximum atomic E-state index is 4.56. The topological polar surface area (TPSA) is 32.3 Å². The van der Waals surface area contributed by atoms with Crippen LogP contribution in [0.1, 0.15) is 36.1 Å². The van der Waals surface area contributed by atoms with E-state index in [-0.39, 0.29) is 0 Å². The van der Waals surface area contributed by atoms with E-state index in [0.29, 0.717) is 0 Å². The molecule has 2 aliphatic rings. The molecule has 0 saturated carbocycles. The van der Waals surface area contributed by atoms with Gasteiger partial charge in [-0.15, -0.1) is 0 Å². The first-order valence-electron chi connectivity index (χ1n) is 10.5. The summed E-state index contributed by atoms with van der Waals surface area (Å²) in [4.78, 5) is 14.0. The average Bonchev–Trinajstić information content (AvgIpc) is 3.19. The number of rotatable bonds is 5. The Hall–Kier alpha value is -1.94. The summed E-state index contributed by atoms with van der Waals surface area (Å²) >= 11 is 0. The van der Waals surface area contributed by atoms with Gasteiger partial charge in [0.15, 0.2) is 0 Å². The molecule has 0 bridgehead atoms. The van der Waals surface area contributed by atoms with Gasteiger partial charge in [0.1, 0.15) is 12.1 Å². The van der Waals surface area contributed by atoms with Crippen LogP contribution in [0.15, 0.2) is 36.7 Å². The van der Waals surface area contributed by atoms with Gasteiger partial charge in [-0.3, -0.25) is 0 Å². The normalized spacial score (nSPS) is 21.7. The third kappa shape index (κ3) is 4.32. The number of anilines is 1. The maximum absolute atomic E-state index is 4.56. The fourth-order valence-corrected chi connectivity index (χ4v) is 4.81. The molecule has 0 spiro atoms. The summed E-state index contributed by atoms with van der Waals surface area (Å²) in [6.07, 6.45) is 6.88. The van der Waals surface area contributed by atoms with Crippen LogP contribution in [0.5, 0.6) is 0 Å². The minimum absolute atomic E-state index is 0.881. The van der Waals surface area contributed by atoms with Crippen LogP contribution in [0.3, 0.4) is 0 Å². The van der Waals surface area contributed by atoms with Crippen molar-refractivity contribution in [2.45, 2.75) is 39.5 Å². The predicted octanol–water partition coefficient (Wildman–Crippen LogP) is 3.87. The molecule has 2 aromatic rings. The molecule has 1 aromatic carbocycles. The summed E-state index contributed by atoms with van der Waals surface area (Å²) in [7, 11) is 0. The minimum atomic E-state index is 0.881. The fraction of sp³-hybridized carbons (Fsp3) is 0.565. The first kappa shape index (κ1) is 18.4. The van der Waals surface area contributed by atoms with E-state index in [1.165, 1.54) is 56.4 Å². The Bertz CT molecular complexity index is 737. The molecule has 1 aromatic heterocycles. The maximum Gasteiger partial charge on any atom is 0.135 e. The third-order valence-electron chi connectivity index (χ3n) is 6.68. The van der Waals surface area contributed by atoms with Crippen molar-refractivity contribution in [1.29, 1.82) is 0 Å². The zero-order valence-electron chi connectivity index (χ0n) is 16.8. The van der Waals surface area contributed by atoms with Crippen molar-refractivity contribution >= 4 is 5.82 Å². The van der Waals surface area contributed by atoms with Crippen LogP contribution in [0.4, 0.5) is 5.82 Å². The Morgan fingerprint density at radius 1 is 0.926 bits per heavy atom. The van der Waals surface area contributed by atoms with Crippen molar-refractivity contribution in [3.8, 4) is 0 Å². The van der Waals surface area contributed by atoms with Crippen LogP contribution >= 0.6 is 0 Å². The quantitative estimate of drug-likeness (QED) is 0.806. The highest BCUT2D eigenvalue weighted by Crippen LogP contribution is 2.33. The molecule has 0 radical (unpaired) electrons. The third-order valence-corrected chi connectivity index (χ3v) is 6.68. The Morgan fingerprint density at radius 2 is 1.67 bits per heavy atom. The lowest BCUT2D eigenvalue weighted by atomic mass is 9.83. The number of nitrogens with zero attached hydrogens (tertiary/aromatic N) is 4. The number of hydrogen-bond donors (Lipinski definition) is 0. The second kappa shape index (κ2) is 8.39.